The van der Waals surface area contributed by atoms with Crippen molar-refractivity contribution in [3.05, 3.63) is 51.2 Å². The summed E-state index contributed by atoms with van der Waals surface area (Å²) < 4.78 is 0. The Bertz CT molecular complexity index is 585. The van der Waals surface area contributed by atoms with Crippen LogP contribution in [0.4, 0.5) is 5.69 Å². The summed E-state index contributed by atoms with van der Waals surface area (Å²) in [6.45, 7) is 5.12. The van der Waals surface area contributed by atoms with Gasteiger partial charge in [-0.3, -0.25) is 0 Å². The van der Waals surface area contributed by atoms with Gasteiger partial charge in [0.25, 0.3) is 0 Å². The summed E-state index contributed by atoms with van der Waals surface area (Å²) in [4.78, 5) is 3.55. The predicted octanol–water partition coefficient (Wildman–Crippen LogP) is 4.69. The molecule has 0 spiro atoms. The second kappa shape index (κ2) is 6.10. The molecule has 0 fully saturated rings. The van der Waals surface area contributed by atoms with Crippen molar-refractivity contribution < 1.29 is 0 Å². The molecule has 0 atom stereocenters. The smallest absolute Gasteiger partial charge is 0.0992 e. The Morgan fingerprint density at radius 2 is 2.16 bits per heavy atom. The molecule has 0 saturated carbocycles. The number of benzene rings is 1. The minimum atomic E-state index is 0.340. The SMILES string of the molecule is CC(C)N(Cc1cccs1)c1ccc(C#N)cc1Cl. The van der Waals surface area contributed by atoms with Crippen molar-refractivity contribution in [1.29, 1.82) is 5.26 Å². The van der Waals surface area contributed by atoms with Crippen LogP contribution in [0.2, 0.25) is 5.02 Å². The molecule has 0 amide bonds. The maximum absolute atomic E-state index is 8.89. The molecule has 0 radical (unpaired) electrons. The fourth-order valence-electron chi connectivity index (χ4n) is 1.93. The van der Waals surface area contributed by atoms with Crippen molar-refractivity contribution >= 4 is 28.6 Å². The molecule has 1 aromatic heterocycles. The number of nitriles is 1. The number of anilines is 1. The van der Waals surface area contributed by atoms with Crippen LogP contribution in [0.1, 0.15) is 24.3 Å². The molecule has 1 heterocycles. The van der Waals surface area contributed by atoms with E-state index in [1.54, 1.807) is 17.4 Å². The number of halogens is 1. The Hall–Kier alpha value is -1.50. The first-order valence-corrected chi connectivity index (χ1v) is 7.36. The van der Waals surface area contributed by atoms with Gasteiger partial charge in [0.2, 0.25) is 0 Å². The molecule has 2 aromatic rings. The molecular weight excluding hydrogens is 276 g/mol. The van der Waals surface area contributed by atoms with E-state index in [0.29, 0.717) is 16.6 Å². The lowest BCUT2D eigenvalue weighted by molar-refractivity contribution is 0.687. The predicted molar refractivity (Wildman–Crippen MR) is 81.8 cm³/mol. The average Bonchev–Trinajstić information content (AvgIpc) is 2.89. The van der Waals surface area contributed by atoms with Gasteiger partial charge in [0.1, 0.15) is 0 Å². The summed E-state index contributed by atoms with van der Waals surface area (Å²) in [5.41, 5.74) is 1.57. The highest BCUT2D eigenvalue weighted by atomic mass is 35.5. The second-order valence-electron chi connectivity index (χ2n) is 4.58. The van der Waals surface area contributed by atoms with Gasteiger partial charge < -0.3 is 4.90 Å². The molecule has 2 nitrogen and oxygen atoms in total. The van der Waals surface area contributed by atoms with Crippen LogP contribution in [0.15, 0.2) is 35.7 Å². The van der Waals surface area contributed by atoms with Gasteiger partial charge in [0.05, 0.1) is 28.9 Å². The number of nitrogens with zero attached hydrogens (tertiary/aromatic N) is 2. The van der Waals surface area contributed by atoms with Gasteiger partial charge in [-0.15, -0.1) is 11.3 Å². The lowest BCUT2D eigenvalue weighted by atomic mass is 10.1. The van der Waals surface area contributed by atoms with Crippen LogP contribution >= 0.6 is 22.9 Å². The van der Waals surface area contributed by atoms with Crippen LogP contribution in [-0.4, -0.2) is 6.04 Å². The molecule has 2 rings (SSSR count). The van der Waals surface area contributed by atoms with Crippen LogP contribution in [0.5, 0.6) is 0 Å². The first-order chi connectivity index (χ1) is 9.11. The molecule has 19 heavy (non-hydrogen) atoms. The van der Waals surface area contributed by atoms with Crippen molar-refractivity contribution in [3.8, 4) is 6.07 Å². The lowest BCUT2D eigenvalue weighted by Gasteiger charge is -2.29. The van der Waals surface area contributed by atoms with Gasteiger partial charge in [-0.05, 0) is 43.5 Å². The molecule has 1 aromatic carbocycles. The average molecular weight is 291 g/mol. The third-order valence-electron chi connectivity index (χ3n) is 2.92. The molecule has 98 valence electrons. The Labute approximate surface area is 122 Å². The highest BCUT2D eigenvalue weighted by Gasteiger charge is 2.15. The fraction of sp³-hybridized carbons (Fsp3) is 0.267. The molecule has 0 unspecified atom stereocenters. The Balaban J connectivity index is 2.32. The maximum atomic E-state index is 8.89. The van der Waals surface area contributed by atoms with Crippen LogP contribution < -0.4 is 4.90 Å². The normalized spacial score (nSPS) is 10.5. The first kappa shape index (κ1) is 13.9. The van der Waals surface area contributed by atoms with Crippen LogP contribution in [0.25, 0.3) is 0 Å². The minimum Gasteiger partial charge on any atom is -0.363 e. The third-order valence-corrected chi connectivity index (χ3v) is 4.08. The van der Waals surface area contributed by atoms with Gasteiger partial charge in [-0.2, -0.15) is 5.26 Å². The van der Waals surface area contributed by atoms with Crippen molar-refractivity contribution in [2.24, 2.45) is 0 Å². The summed E-state index contributed by atoms with van der Waals surface area (Å²) in [7, 11) is 0. The number of hydrogen-bond donors (Lipinski definition) is 0. The van der Waals surface area contributed by atoms with E-state index in [1.807, 2.05) is 12.1 Å². The van der Waals surface area contributed by atoms with Gasteiger partial charge in [-0.1, -0.05) is 17.7 Å². The Kier molecular flexibility index (Phi) is 4.47. The minimum absolute atomic E-state index is 0.340. The zero-order chi connectivity index (χ0) is 13.8. The monoisotopic (exact) mass is 290 g/mol. The van der Waals surface area contributed by atoms with E-state index >= 15 is 0 Å². The zero-order valence-electron chi connectivity index (χ0n) is 10.9. The first-order valence-electron chi connectivity index (χ1n) is 6.10. The molecule has 0 aliphatic carbocycles. The van der Waals surface area contributed by atoms with Crippen LogP contribution in [0.3, 0.4) is 0 Å². The largest absolute Gasteiger partial charge is 0.363 e. The topological polar surface area (TPSA) is 27.0 Å². The number of hydrogen-bond acceptors (Lipinski definition) is 3. The van der Waals surface area contributed by atoms with E-state index in [2.05, 4.69) is 42.3 Å². The van der Waals surface area contributed by atoms with Crippen molar-refractivity contribution in [3.63, 3.8) is 0 Å². The Morgan fingerprint density at radius 3 is 2.68 bits per heavy atom. The van der Waals surface area contributed by atoms with Crippen molar-refractivity contribution in [2.75, 3.05) is 4.90 Å². The standard InChI is InChI=1S/C15H15ClN2S/c1-11(2)18(10-13-4-3-7-19-13)15-6-5-12(9-17)8-14(15)16/h3-8,11H,10H2,1-2H3. The van der Waals surface area contributed by atoms with Gasteiger partial charge in [0.15, 0.2) is 0 Å². The highest BCUT2D eigenvalue weighted by Crippen LogP contribution is 2.30. The van der Waals surface area contributed by atoms with Gasteiger partial charge in [0, 0.05) is 10.9 Å². The summed E-state index contributed by atoms with van der Waals surface area (Å²) in [5.74, 6) is 0. The van der Waals surface area contributed by atoms with Crippen LogP contribution in [-0.2, 0) is 6.54 Å². The molecule has 0 saturated heterocycles. The van der Waals surface area contributed by atoms with E-state index in [0.717, 1.165) is 12.2 Å². The van der Waals surface area contributed by atoms with Gasteiger partial charge in [-0.25, -0.2) is 0 Å². The summed E-state index contributed by atoms with van der Waals surface area (Å²) in [6.07, 6.45) is 0. The number of rotatable bonds is 4. The van der Waals surface area contributed by atoms with Crippen LogP contribution in [0, 0.1) is 11.3 Å². The fourth-order valence-corrected chi connectivity index (χ4v) is 2.92. The third kappa shape index (κ3) is 3.28. The van der Waals surface area contributed by atoms with E-state index in [4.69, 9.17) is 16.9 Å². The molecule has 4 heteroatoms. The zero-order valence-corrected chi connectivity index (χ0v) is 12.5. The molecule has 0 N–H and O–H groups in total. The molecule has 0 bridgehead atoms. The highest BCUT2D eigenvalue weighted by molar-refractivity contribution is 7.09. The maximum Gasteiger partial charge on any atom is 0.0992 e. The molecule has 0 aliphatic rings. The van der Waals surface area contributed by atoms with Crippen molar-refractivity contribution in [2.45, 2.75) is 26.4 Å². The molecule has 0 aliphatic heterocycles. The quantitative estimate of drug-likeness (QED) is 0.817. The summed E-state index contributed by atoms with van der Waals surface area (Å²) >= 11 is 8.04. The van der Waals surface area contributed by atoms with Gasteiger partial charge >= 0.3 is 0 Å². The lowest BCUT2D eigenvalue weighted by Crippen LogP contribution is -2.30. The van der Waals surface area contributed by atoms with E-state index < -0.39 is 0 Å². The summed E-state index contributed by atoms with van der Waals surface area (Å²) in [6, 6.07) is 12.1. The van der Waals surface area contributed by atoms with E-state index in [-0.39, 0.29) is 0 Å². The molecular formula is C15H15ClN2S. The Morgan fingerprint density at radius 1 is 1.37 bits per heavy atom. The number of thiophene rings is 1. The summed E-state index contributed by atoms with van der Waals surface area (Å²) in [5, 5.41) is 11.6. The van der Waals surface area contributed by atoms with Crippen molar-refractivity contribution in [1.82, 2.24) is 0 Å². The van der Waals surface area contributed by atoms with E-state index in [9.17, 15) is 0 Å². The van der Waals surface area contributed by atoms with E-state index in [1.165, 1.54) is 4.88 Å². The second-order valence-corrected chi connectivity index (χ2v) is 6.02.